The Labute approximate surface area is 134 Å². The third kappa shape index (κ3) is 4.14. The van der Waals surface area contributed by atoms with Gasteiger partial charge in [-0.1, -0.05) is 12.1 Å². The number of carboxylic acids is 1. The quantitative estimate of drug-likeness (QED) is 0.886. The van der Waals surface area contributed by atoms with E-state index >= 15 is 0 Å². The maximum absolute atomic E-state index is 11.6. The average Bonchev–Trinajstić information content (AvgIpc) is 2.50. The van der Waals surface area contributed by atoms with Crippen molar-refractivity contribution in [2.45, 2.75) is 6.04 Å². The van der Waals surface area contributed by atoms with Gasteiger partial charge in [-0.15, -0.1) is 0 Å². The molecule has 0 bridgehead atoms. The van der Waals surface area contributed by atoms with Crippen molar-refractivity contribution < 1.29 is 14.7 Å². The van der Waals surface area contributed by atoms with Gasteiger partial charge < -0.3 is 15.3 Å². The molecule has 7 heteroatoms. The second-order valence-electron chi connectivity index (χ2n) is 5.34. The van der Waals surface area contributed by atoms with Crippen LogP contribution in [-0.2, 0) is 4.79 Å². The third-order valence-corrected chi connectivity index (χ3v) is 4.47. The summed E-state index contributed by atoms with van der Waals surface area (Å²) in [6.45, 7) is 1.56. The van der Waals surface area contributed by atoms with Crippen LogP contribution in [0.15, 0.2) is 24.3 Å². The molecule has 1 atom stereocenters. The fourth-order valence-corrected chi connectivity index (χ4v) is 3.26. The highest BCUT2D eigenvalue weighted by Gasteiger charge is 2.28. The molecule has 0 unspecified atom stereocenters. The number of nitrogens with one attached hydrogen (secondary N) is 1. The predicted octanol–water partition coefficient (Wildman–Crippen LogP) is 1.95. The highest BCUT2D eigenvalue weighted by molar-refractivity contribution is 7.99. The van der Waals surface area contributed by atoms with Gasteiger partial charge in [0.25, 0.3) is 0 Å². The molecule has 1 saturated heterocycles. The van der Waals surface area contributed by atoms with Crippen LogP contribution in [-0.4, -0.2) is 65.6 Å². The van der Waals surface area contributed by atoms with E-state index in [2.05, 4.69) is 5.32 Å². The Bertz CT molecular complexity index is 527. The van der Waals surface area contributed by atoms with Crippen molar-refractivity contribution in [1.29, 1.82) is 0 Å². The van der Waals surface area contributed by atoms with Gasteiger partial charge in [-0.3, -0.25) is 9.69 Å². The van der Waals surface area contributed by atoms with Crippen LogP contribution in [0.2, 0.25) is 0 Å². The van der Waals surface area contributed by atoms with Gasteiger partial charge in [-0.25, -0.2) is 4.79 Å². The maximum Gasteiger partial charge on any atom is 0.325 e. The summed E-state index contributed by atoms with van der Waals surface area (Å²) in [5, 5.41) is 12.3. The molecule has 2 rings (SSSR count). The van der Waals surface area contributed by atoms with Gasteiger partial charge in [0.05, 0.1) is 0 Å². The molecule has 0 spiro atoms. The smallest absolute Gasteiger partial charge is 0.325 e. The van der Waals surface area contributed by atoms with Gasteiger partial charge in [0.2, 0.25) is 0 Å². The summed E-state index contributed by atoms with van der Waals surface area (Å²) < 4.78 is 0. The molecule has 0 saturated carbocycles. The number of carbonyl (C=O) groups excluding carboxylic acids is 1. The van der Waals surface area contributed by atoms with Crippen molar-refractivity contribution >= 4 is 29.4 Å². The number of carboxylic acid groups (broad SMARTS) is 1. The normalized spacial score (nSPS) is 16.8. The summed E-state index contributed by atoms with van der Waals surface area (Å²) in [5.41, 5.74) is 1.39. The lowest BCUT2D eigenvalue weighted by Crippen LogP contribution is -2.39. The molecule has 2 N–H and O–H groups in total. The number of amides is 2. The minimum absolute atomic E-state index is 0.212. The number of urea groups is 1. The van der Waals surface area contributed by atoms with Crippen molar-refractivity contribution in [3.8, 4) is 0 Å². The van der Waals surface area contributed by atoms with Crippen LogP contribution in [0.5, 0.6) is 0 Å². The maximum atomic E-state index is 11.6. The van der Waals surface area contributed by atoms with E-state index in [0.717, 1.165) is 30.2 Å². The Hall–Kier alpha value is -1.73. The topological polar surface area (TPSA) is 72.9 Å². The van der Waals surface area contributed by atoms with Gasteiger partial charge in [-0.2, -0.15) is 11.8 Å². The molecular formula is C15H21N3O3S. The molecule has 1 heterocycles. The number of anilines is 1. The number of hydrogen-bond acceptors (Lipinski definition) is 4. The second-order valence-corrected chi connectivity index (χ2v) is 6.56. The fraction of sp³-hybridized carbons (Fsp3) is 0.467. The van der Waals surface area contributed by atoms with Crippen molar-refractivity contribution in [2.24, 2.45) is 0 Å². The molecule has 0 radical (unpaired) electrons. The van der Waals surface area contributed by atoms with Gasteiger partial charge in [0.1, 0.15) is 6.04 Å². The van der Waals surface area contributed by atoms with Crippen LogP contribution in [0.1, 0.15) is 11.6 Å². The lowest BCUT2D eigenvalue weighted by molar-refractivity contribution is -0.143. The first kappa shape index (κ1) is 16.6. The second kappa shape index (κ2) is 7.51. The lowest BCUT2D eigenvalue weighted by Gasteiger charge is -2.32. The third-order valence-electron chi connectivity index (χ3n) is 3.53. The van der Waals surface area contributed by atoms with E-state index in [1.165, 1.54) is 4.90 Å². The van der Waals surface area contributed by atoms with Crippen molar-refractivity contribution in [1.82, 2.24) is 9.80 Å². The van der Waals surface area contributed by atoms with Crippen LogP contribution in [0.4, 0.5) is 10.5 Å². The minimum atomic E-state index is -0.836. The first-order valence-corrected chi connectivity index (χ1v) is 8.27. The number of aliphatic carboxylic acids is 1. The van der Waals surface area contributed by atoms with Crippen molar-refractivity contribution in [2.75, 3.05) is 44.0 Å². The number of hydrogen-bond donors (Lipinski definition) is 2. The van der Waals surface area contributed by atoms with E-state index < -0.39 is 12.0 Å². The summed E-state index contributed by atoms with van der Waals surface area (Å²) in [5.74, 6) is 1.08. The monoisotopic (exact) mass is 323 g/mol. The Morgan fingerprint density at radius 1 is 1.23 bits per heavy atom. The first-order valence-electron chi connectivity index (χ1n) is 7.12. The lowest BCUT2D eigenvalue weighted by atomic mass is 10.0. The molecule has 0 aliphatic carbocycles. The van der Waals surface area contributed by atoms with E-state index in [1.807, 2.05) is 16.7 Å². The van der Waals surface area contributed by atoms with E-state index in [-0.39, 0.29) is 6.03 Å². The standard InChI is InChI=1S/C15H21N3O3S/c1-17(2)15(21)16-12-5-3-11(4-6-12)13(14(19)20)18-7-9-22-10-8-18/h3-6,13H,7-10H2,1-2H3,(H,16,21)(H,19,20)/t13-/m1/s1. The minimum Gasteiger partial charge on any atom is -0.480 e. The number of carbonyl (C=O) groups is 2. The molecule has 1 fully saturated rings. The predicted molar refractivity (Wildman–Crippen MR) is 88.4 cm³/mol. The molecule has 1 aromatic rings. The highest BCUT2D eigenvalue weighted by atomic mass is 32.2. The van der Waals surface area contributed by atoms with Crippen LogP contribution >= 0.6 is 11.8 Å². The summed E-state index contributed by atoms with van der Waals surface area (Å²) >= 11 is 1.85. The number of nitrogens with zero attached hydrogens (tertiary/aromatic N) is 2. The summed E-state index contributed by atoms with van der Waals surface area (Å²) in [6, 6.07) is 6.18. The Kier molecular flexibility index (Phi) is 5.68. The van der Waals surface area contributed by atoms with E-state index in [9.17, 15) is 14.7 Å². The molecular weight excluding hydrogens is 302 g/mol. The molecule has 0 aromatic heterocycles. The molecule has 6 nitrogen and oxygen atoms in total. The summed E-state index contributed by atoms with van der Waals surface area (Å²) in [7, 11) is 3.33. The molecule has 120 valence electrons. The van der Waals surface area contributed by atoms with Gasteiger partial charge in [0.15, 0.2) is 0 Å². The Morgan fingerprint density at radius 3 is 2.32 bits per heavy atom. The van der Waals surface area contributed by atoms with Crippen LogP contribution in [0.25, 0.3) is 0 Å². The fourth-order valence-electron chi connectivity index (χ4n) is 2.33. The molecule has 1 aliphatic heterocycles. The summed E-state index contributed by atoms with van der Waals surface area (Å²) in [4.78, 5) is 26.7. The zero-order chi connectivity index (χ0) is 16.1. The van der Waals surface area contributed by atoms with Crippen molar-refractivity contribution in [3.05, 3.63) is 29.8 Å². The Morgan fingerprint density at radius 2 is 1.82 bits per heavy atom. The Balaban J connectivity index is 2.12. The van der Waals surface area contributed by atoms with Gasteiger partial charge in [-0.05, 0) is 17.7 Å². The molecule has 22 heavy (non-hydrogen) atoms. The highest BCUT2D eigenvalue weighted by Crippen LogP contribution is 2.25. The van der Waals surface area contributed by atoms with E-state index in [4.69, 9.17) is 0 Å². The summed E-state index contributed by atoms with van der Waals surface area (Å²) in [6.07, 6.45) is 0. The number of rotatable bonds is 4. The van der Waals surface area contributed by atoms with Crippen LogP contribution in [0, 0.1) is 0 Å². The van der Waals surface area contributed by atoms with E-state index in [0.29, 0.717) is 5.69 Å². The molecule has 1 aromatic carbocycles. The average molecular weight is 323 g/mol. The van der Waals surface area contributed by atoms with Gasteiger partial charge >= 0.3 is 12.0 Å². The molecule has 2 amide bonds. The number of benzene rings is 1. The van der Waals surface area contributed by atoms with Crippen molar-refractivity contribution in [3.63, 3.8) is 0 Å². The molecule has 1 aliphatic rings. The first-order chi connectivity index (χ1) is 10.5. The van der Waals surface area contributed by atoms with Crippen LogP contribution in [0.3, 0.4) is 0 Å². The zero-order valence-corrected chi connectivity index (χ0v) is 13.6. The largest absolute Gasteiger partial charge is 0.480 e. The zero-order valence-electron chi connectivity index (χ0n) is 12.8. The number of thioether (sulfide) groups is 1. The van der Waals surface area contributed by atoms with Gasteiger partial charge in [0, 0.05) is 44.4 Å². The van der Waals surface area contributed by atoms with Crippen LogP contribution < -0.4 is 5.32 Å². The van der Waals surface area contributed by atoms with E-state index in [1.54, 1.807) is 38.4 Å². The SMILES string of the molecule is CN(C)C(=O)Nc1ccc([C@H](C(=O)O)N2CCSCC2)cc1.